The summed E-state index contributed by atoms with van der Waals surface area (Å²) in [5, 5.41) is 7.52. The first-order chi connectivity index (χ1) is 9.83. The van der Waals surface area contributed by atoms with Crippen LogP contribution in [0.4, 0.5) is 4.79 Å². The zero-order valence-corrected chi connectivity index (χ0v) is 12.5. The molecule has 2 aliphatic rings. The van der Waals surface area contributed by atoms with Crippen LogP contribution < -0.4 is 5.32 Å². The van der Waals surface area contributed by atoms with Crippen molar-refractivity contribution in [2.75, 3.05) is 26.3 Å². The summed E-state index contributed by atoms with van der Waals surface area (Å²) in [6.07, 6.45) is 4.05. The molecule has 1 aromatic heterocycles. The fourth-order valence-corrected chi connectivity index (χ4v) is 3.77. The van der Waals surface area contributed by atoms with Crippen LogP contribution in [0.25, 0.3) is 0 Å². The van der Waals surface area contributed by atoms with Gasteiger partial charge in [0.05, 0.1) is 0 Å². The zero-order valence-electron chi connectivity index (χ0n) is 11.7. The van der Waals surface area contributed by atoms with Crippen molar-refractivity contribution in [3.05, 3.63) is 22.4 Å². The molecule has 110 valence electrons. The standard InChI is InChI=1S/C15H22N2O2S/c18-15(16-14-3-8-19-9-4-14)17-6-1-12(2-7-17)13-5-10-20-11-13/h5,10-12,14H,1-4,6-9H2,(H,16,18). The number of amides is 2. The van der Waals surface area contributed by atoms with Gasteiger partial charge in [-0.25, -0.2) is 4.79 Å². The van der Waals surface area contributed by atoms with Gasteiger partial charge in [-0.3, -0.25) is 0 Å². The second-order valence-corrected chi connectivity index (χ2v) is 6.43. The molecule has 0 bridgehead atoms. The molecule has 0 saturated carbocycles. The maximum Gasteiger partial charge on any atom is 0.317 e. The Morgan fingerprint density at radius 2 is 2.00 bits per heavy atom. The first kappa shape index (κ1) is 13.9. The molecule has 4 nitrogen and oxygen atoms in total. The molecule has 0 spiro atoms. The monoisotopic (exact) mass is 294 g/mol. The molecule has 3 heterocycles. The summed E-state index contributed by atoms with van der Waals surface area (Å²) >= 11 is 1.76. The highest BCUT2D eigenvalue weighted by molar-refractivity contribution is 7.07. The third-order valence-corrected chi connectivity index (χ3v) is 5.05. The maximum absolute atomic E-state index is 12.2. The Hall–Kier alpha value is -1.07. The van der Waals surface area contributed by atoms with Crippen molar-refractivity contribution in [2.45, 2.75) is 37.6 Å². The summed E-state index contributed by atoms with van der Waals surface area (Å²) in [6.45, 7) is 3.28. The number of thiophene rings is 1. The number of ether oxygens (including phenoxy) is 1. The van der Waals surface area contributed by atoms with Gasteiger partial charge >= 0.3 is 6.03 Å². The number of likely N-dealkylation sites (tertiary alicyclic amines) is 1. The van der Waals surface area contributed by atoms with E-state index in [1.54, 1.807) is 11.3 Å². The summed E-state index contributed by atoms with van der Waals surface area (Å²) in [5.74, 6) is 0.633. The number of rotatable bonds is 2. The number of hydrogen-bond donors (Lipinski definition) is 1. The van der Waals surface area contributed by atoms with Crippen molar-refractivity contribution in [1.29, 1.82) is 0 Å². The van der Waals surface area contributed by atoms with Crippen LogP contribution in [0, 0.1) is 0 Å². The normalized spacial score (nSPS) is 21.9. The molecule has 0 radical (unpaired) electrons. The predicted molar refractivity (Wildman–Crippen MR) is 80.2 cm³/mol. The van der Waals surface area contributed by atoms with E-state index in [0.29, 0.717) is 12.0 Å². The van der Waals surface area contributed by atoms with Crippen molar-refractivity contribution in [3.63, 3.8) is 0 Å². The van der Waals surface area contributed by atoms with E-state index in [-0.39, 0.29) is 6.03 Å². The number of piperidine rings is 1. The molecule has 0 aliphatic carbocycles. The molecule has 2 aliphatic heterocycles. The lowest BCUT2D eigenvalue weighted by molar-refractivity contribution is 0.0775. The van der Waals surface area contributed by atoms with Gasteiger partial charge < -0.3 is 15.0 Å². The van der Waals surface area contributed by atoms with Gasteiger partial charge in [0.1, 0.15) is 0 Å². The second-order valence-electron chi connectivity index (χ2n) is 5.65. The maximum atomic E-state index is 12.2. The number of hydrogen-bond acceptors (Lipinski definition) is 3. The number of urea groups is 1. The van der Waals surface area contributed by atoms with E-state index >= 15 is 0 Å². The van der Waals surface area contributed by atoms with Gasteiger partial charge in [-0.2, -0.15) is 11.3 Å². The SMILES string of the molecule is O=C(NC1CCOCC1)N1CCC(c2ccsc2)CC1. The minimum absolute atomic E-state index is 0.112. The quantitative estimate of drug-likeness (QED) is 0.911. The molecule has 1 N–H and O–H groups in total. The van der Waals surface area contributed by atoms with Gasteiger partial charge in [-0.1, -0.05) is 0 Å². The van der Waals surface area contributed by atoms with E-state index in [2.05, 4.69) is 22.1 Å². The minimum atomic E-state index is 0.112. The van der Waals surface area contributed by atoms with E-state index in [9.17, 15) is 4.79 Å². The van der Waals surface area contributed by atoms with Crippen LogP contribution in [-0.4, -0.2) is 43.3 Å². The van der Waals surface area contributed by atoms with E-state index < -0.39 is 0 Å². The van der Waals surface area contributed by atoms with Gasteiger partial charge in [0.2, 0.25) is 0 Å². The third kappa shape index (κ3) is 3.33. The Morgan fingerprint density at radius 3 is 2.65 bits per heavy atom. The Labute approximate surface area is 124 Å². The predicted octanol–water partition coefficient (Wildman–Crippen LogP) is 2.82. The van der Waals surface area contributed by atoms with Crippen LogP contribution in [0.2, 0.25) is 0 Å². The average molecular weight is 294 g/mol. The Bertz CT molecular complexity index is 421. The van der Waals surface area contributed by atoms with Gasteiger partial charge in [0.25, 0.3) is 0 Å². The molecule has 3 rings (SSSR count). The van der Waals surface area contributed by atoms with Crippen molar-refractivity contribution in [3.8, 4) is 0 Å². The highest BCUT2D eigenvalue weighted by Crippen LogP contribution is 2.29. The summed E-state index contributed by atoms with van der Waals surface area (Å²) < 4.78 is 5.32. The molecule has 2 fully saturated rings. The number of carbonyl (C=O) groups is 1. The fraction of sp³-hybridized carbons (Fsp3) is 0.667. The van der Waals surface area contributed by atoms with Crippen LogP contribution in [-0.2, 0) is 4.74 Å². The number of nitrogens with zero attached hydrogens (tertiary/aromatic N) is 1. The van der Waals surface area contributed by atoms with E-state index in [0.717, 1.165) is 52.0 Å². The number of carbonyl (C=O) groups excluding carboxylic acids is 1. The molecular formula is C15H22N2O2S. The van der Waals surface area contributed by atoms with E-state index in [4.69, 9.17) is 4.74 Å². The lowest BCUT2D eigenvalue weighted by atomic mass is 9.91. The Balaban J connectivity index is 1.46. The molecule has 5 heteroatoms. The van der Waals surface area contributed by atoms with Gasteiger partial charge in [0, 0.05) is 32.3 Å². The molecule has 20 heavy (non-hydrogen) atoms. The fourth-order valence-electron chi connectivity index (χ4n) is 3.03. The van der Waals surface area contributed by atoms with Crippen molar-refractivity contribution in [1.82, 2.24) is 10.2 Å². The van der Waals surface area contributed by atoms with E-state index in [1.807, 2.05) is 4.90 Å². The lowest BCUT2D eigenvalue weighted by Gasteiger charge is -2.33. The van der Waals surface area contributed by atoms with Crippen LogP contribution in [0.1, 0.15) is 37.2 Å². The van der Waals surface area contributed by atoms with Crippen molar-refractivity contribution in [2.24, 2.45) is 0 Å². The van der Waals surface area contributed by atoms with Gasteiger partial charge in [0.15, 0.2) is 0 Å². The topological polar surface area (TPSA) is 41.6 Å². The van der Waals surface area contributed by atoms with Gasteiger partial charge in [-0.05, 0) is 54.0 Å². The van der Waals surface area contributed by atoms with Crippen molar-refractivity contribution >= 4 is 17.4 Å². The molecule has 2 amide bonds. The third-order valence-electron chi connectivity index (χ3n) is 4.35. The highest BCUT2D eigenvalue weighted by atomic mass is 32.1. The van der Waals surface area contributed by atoms with Gasteiger partial charge in [-0.15, -0.1) is 0 Å². The largest absolute Gasteiger partial charge is 0.381 e. The molecule has 1 aromatic rings. The van der Waals surface area contributed by atoms with Crippen LogP contribution in [0.3, 0.4) is 0 Å². The molecule has 0 unspecified atom stereocenters. The van der Waals surface area contributed by atoms with Crippen LogP contribution in [0.15, 0.2) is 16.8 Å². The summed E-state index contributed by atoms with van der Waals surface area (Å²) in [5.41, 5.74) is 1.44. The first-order valence-electron chi connectivity index (χ1n) is 7.48. The van der Waals surface area contributed by atoms with Crippen molar-refractivity contribution < 1.29 is 9.53 Å². The molecule has 0 atom stereocenters. The molecular weight excluding hydrogens is 272 g/mol. The summed E-state index contributed by atoms with van der Waals surface area (Å²) in [7, 11) is 0. The summed E-state index contributed by atoms with van der Waals surface area (Å²) in [4.78, 5) is 14.2. The molecule has 2 saturated heterocycles. The number of nitrogens with one attached hydrogen (secondary N) is 1. The smallest absolute Gasteiger partial charge is 0.317 e. The van der Waals surface area contributed by atoms with Crippen LogP contribution in [0.5, 0.6) is 0 Å². The summed E-state index contributed by atoms with van der Waals surface area (Å²) in [6, 6.07) is 2.62. The highest BCUT2D eigenvalue weighted by Gasteiger charge is 2.25. The Kier molecular flexibility index (Phi) is 4.58. The lowest BCUT2D eigenvalue weighted by Crippen LogP contribution is -2.48. The minimum Gasteiger partial charge on any atom is -0.381 e. The van der Waals surface area contributed by atoms with E-state index in [1.165, 1.54) is 5.56 Å². The zero-order chi connectivity index (χ0) is 13.8. The average Bonchev–Trinajstić information content (AvgIpc) is 3.03. The molecule has 0 aromatic carbocycles. The first-order valence-corrected chi connectivity index (χ1v) is 8.42. The Morgan fingerprint density at radius 1 is 1.25 bits per heavy atom. The van der Waals surface area contributed by atoms with Crippen LogP contribution >= 0.6 is 11.3 Å². The second kappa shape index (κ2) is 6.59.